The highest BCUT2D eigenvalue weighted by Gasteiger charge is 2.06. The van der Waals surface area contributed by atoms with E-state index in [2.05, 4.69) is 28.0 Å². The molecular weight excluding hydrogens is 388 g/mol. The molecule has 0 atom stereocenters. The third kappa shape index (κ3) is 18.5. The van der Waals surface area contributed by atoms with Gasteiger partial charge in [-0.15, -0.1) is 12.4 Å². The minimum atomic E-state index is -0.482. The van der Waals surface area contributed by atoms with Gasteiger partial charge in [0.2, 0.25) is 5.91 Å². The van der Waals surface area contributed by atoms with Gasteiger partial charge in [-0.05, 0) is 12.8 Å². The van der Waals surface area contributed by atoms with Crippen LogP contribution >= 0.6 is 12.4 Å². The van der Waals surface area contributed by atoms with Crippen molar-refractivity contribution in [3.8, 4) is 12.1 Å². The summed E-state index contributed by atoms with van der Waals surface area (Å²) in [6.07, 6.45) is 2.79. The van der Waals surface area contributed by atoms with Crippen LogP contribution in [0.15, 0.2) is 0 Å². The third-order valence-corrected chi connectivity index (χ3v) is 3.24. The number of unbranched alkanes of at least 4 members (excludes halogenated alkanes) is 2. The van der Waals surface area contributed by atoms with Crippen LogP contribution in [0.3, 0.4) is 0 Å². The van der Waals surface area contributed by atoms with E-state index in [4.69, 9.17) is 9.47 Å². The van der Waals surface area contributed by atoms with E-state index in [1.165, 1.54) is 6.92 Å². The Labute approximate surface area is 173 Å². The van der Waals surface area contributed by atoms with Crippen LogP contribution in [0.5, 0.6) is 0 Å². The topological polar surface area (TPSA) is 109 Å². The van der Waals surface area contributed by atoms with Crippen LogP contribution in [0.1, 0.15) is 46.5 Å². The van der Waals surface area contributed by atoms with Crippen LogP contribution < -0.4 is 16.0 Å². The number of carbonyl (C=O) groups excluding carboxylic acids is 3. The molecule has 0 aliphatic heterocycles. The molecule has 0 bridgehead atoms. The van der Waals surface area contributed by atoms with Crippen molar-refractivity contribution in [3.05, 3.63) is 0 Å². The number of nitrogens with zero attached hydrogens (tertiary/aromatic N) is 1. The summed E-state index contributed by atoms with van der Waals surface area (Å²) in [4.78, 5) is 35.5. The summed E-state index contributed by atoms with van der Waals surface area (Å²) in [5.41, 5.74) is 0. The van der Waals surface area contributed by atoms with Gasteiger partial charge in [0, 0.05) is 32.1 Å². The van der Waals surface area contributed by atoms with Crippen molar-refractivity contribution in [3.63, 3.8) is 0 Å². The highest BCUT2D eigenvalue weighted by atomic mass is 35.5. The molecule has 0 radical (unpaired) electrons. The molecular formula is C18H33ClN4O5. The van der Waals surface area contributed by atoms with Crippen LogP contribution in [0.2, 0.25) is 0 Å². The second kappa shape index (κ2) is 19.4. The number of hydrogen-bond acceptors (Lipinski definition) is 6. The highest BCUT2D eigenvalue weighted by molar-refractivity contribution is 5.85. The van der Waals surface area contributed by atoms with Gasteiger partial charge in [0.25, 0.3) is 0 Å². The Morgan fingerprint density at radius 3 is 1.75 bits per heavy atom. The van der Waals surface area contributed by atoms with Gasteiger partial charge in [0.15, 0.2) is 0 Å². The Kier molecular flexibility index (Phi) is 19.3. The van der Waals surface area contributed by atoms with Gasteiger partial charge in [-0.2, -0.15) is 0 Å². The molecule has 0 aliphatic carbocycles. The highest BCUT2D eigenvalue weighted by Crippen LogP contribution is 1.91. The standard InChI is InChI=1S/C18H32N4O5.ClH/c1-4-6-8-20-17(24)26-14-12-22(11-10-19-16(3)23)13-15-27-18(25)21-9-7-5-2;/h4-9,12-15H2,1-3H3,(H,19,23)(H,20,24)(H,21,25);1H. The maximum absolute atomic E-state index is 11.5. The largest absolute Gasteiger partial charge is 0.448 e. The average molecular weight is 421 g/mol. The number of halogens is 1. The summed E-state index contributed by atoms with van der Waals surface area (Å²) < 4.78 is 10.1. The molecule has 0 aromatic carbocycles. The van der Waals surface area contributed by atoms with E-state index in [0.29, 0.717) is 26.2 Å². The van der Waals surface area contributed by atoms with Gasteiger partial charge >= 0.3 is 12.2 Å². The molecule has 0 aromatic rings. The predicted molar refractivity (Wildman–Crippen MR) is 109 cm³/mol. The third-order valence-electron chi connectivity index (χ3n) is 3.24. The minimum Gasteiger partial charge on any atom is -0.448 e. The molecule has 0 aliphatic rings. The lowest BCUT2D eigenvalue weighted by atomic mass is 10.3. The SMILES string of the molecule is CCCCNC(=O)OCCN(C#CNC(C)=O)CCOC(=O)NCCCC.Cl. The quantitative estimate of drug-likeness (QED) is 0.252. The zero-order chi connectivity index (χ0) is 20.3. The summed E-state index contributed by atoms with van der Waals surface area (Å²) in [6.45, 7) is 7.43. The molecule has 28 heavy (non-hydrogen) atoms. The normalized spacial score (nSPS) is 9.11. The first-order valence-electron chi connectivity index (χ1n) is 9.33. The van der Waals surface area contributed by atoms with E-state index in [9.17, 15) is 14.4 Å². The van der Waals surface area contributed by atoms with E-state index >= 15 is 0 Å². The maximum atomic E-state index is 11.5. The van der Waals surface area contributed by atoms with Gasteiger partial charge in [-0.1, -0.05) is 26.7 Å². The summed E-state index contributed by atoms with van der Waals surface area (Å²) in [5, 5.41) is 7.66. The zero-order valence-electron chi connectivity index (χ0n) is 17.0. The van der Waals surface area contributed by atoms with Crippen molar-refractivity contribution in [1.82, 2.24) is 20.9 Å². The summed E-state index contributed by atoms with van der Waals surface area (Å²) in [5.74, 6) is -0.277. The van der Waals surface area contributed by atoms with Crippen LogP contribution in [-0.2, 0) is 14.3 Å². The summed E-state index contributed by atoms with van der Waals surface area (Å²) in [6, 6.07) is 5.24. The lowest BCUT2D eigenvalue weighted by Crippen LogP contribution is -2.33. The number of nitrogens with one attached hydrogen (secondary N) is 3. The Hall–Kier alpha value is -2.34. The molecule has 0 saturated carbocycles. The van der Waals surface area contributed by atoms with Crippen molar-refractivity contribution >= 4 is 30.5 Å². The Bertz CT molecular complexity index is 480. The number of rotatable bonds is 12. The van der Waals surface area contributed by atoms with Gasteiger partial charge < -0.3 is 25.0 Å². The molecule has 0 fully saturated rings. The van der Waals surface area contributed by atoms with Gasteiger partial charge in [0.1, 0.15) is 13.2 Å². The van der Waals surface area contributed by atoms with Crippen molar-refractivity contribution in [2.24, 2.45) is 0 Å². The van der Waals surface area contributed by atoms with Gasteiger partial charge in [0.05, 0.1) is 13.1 Å². The van der Waals surface area contributed by atoms with E-state index in [0.717, 1.165) is 25.7 Å². The number of carbonyl (C=O) groups is 3. The van der Waals surface area contributed by atoms with Gasteiger partial charge in [-0.3, -0.25) is 10.1 Å². The van der Waals surface area contributed by atoms with Crippen molar-refractivity contribution in [2.45, 2.75) is 46.5 Å². The number of ether oxygens (including phenoxy) is 2. The van der Waals surface area contributed by atoms with Gasteiger partial charge in [-0.25, -0.2) is 9.59 Å². The lowest BCUT2D eigenvalue weighted by Gasteiger charge is -2.17. The van der Waals surface area contributed by atoms with Crippen LogP contribution in [0.25, 0.3) is 0 Å². The molecule has 9 nitrogen and oxygen atoms in total. The molecule has 3 N–H and O–H groups in total. The molecule has 0 aromatic heterocycles. The number of alkyl carbamates (subject to hydrolysis) is 2. The van der Waals surface area contributed by atoms with E-state index in [1.54, 1.807) is 4.90 Å². The average Bonchev–Trinajstić information content (AvgIpc) is 2.61. The molecule has 0 heterocycles. The molecule has 3 amide bonds. The molecule has 162 valence electrons. The predicted octanol–water partition coefficient (Wildman–Crippen LogP) is 1.82. The van der Waals surface area contributed by atoms with Crippen LogP contribution in [0.4, 0.5) is 9.59 Å². The first-order valence-corrected chi connectivity index (χ1v) is 9.33. The van der Waals surface area contributed by atoms with Crippen LogP contribution in [-0.4, -0.2) is 62.4 Å². The first kappa shape index (κ1) is 27.9. The first-order chi connectivity index (χ1) is 13.0. The Morgan fingerprint density at radius 2 is 1.36 bits per heavy atom. The second-order valence-corrected chi connectivity index (χ2v) is 5.74. The summed E-state index contributed by atoms with van der Waals surface area (Å²) in [7, 11) is 0. The maximum Gasteiger partial charge on any atom is 0.407 e. The van der Waals surface area contributed by atoms with E-state index in [-0.39, 0.29) is 31.5 Å². The van der Waals surface area contributed by atoms with Crippen molar-refractivity contribution < 1.29 is 23.9 Å². The summed E-state index contributed by atoms with van der Waals surface area (Å²) >= 11 is 0. The zero-order valence-corrected chi connectivity index (χ0v) is 17.8. The minimum absolute atomic E-state index is 0. The van der Waals surface area contributed by atoms with Crippen molar-refractivity contribution in [1.29, 1.82) is 0 Å². The molecule has 0 spiro atoms. The molecule has 10 heteroatoms. The molecule has 0 saturated heterocycles. The second-order valence-electron chi connectivity index (χ2n) is 5.74. The number of amides is 3. The number of hydrogen-bond donors (Lipinski definition) is 3. The fourth-order valence-corrected chi connectivity index (χ4v) is 1.75. The van der Waals surface area contributed by atoms with Crippen LogP contribution in [0, 0.1) is 12.1 Å². The molecule has 0 unspecified atom stereocenters. The van der Waals surface area contributed by atoms with E-state index < -0.39 is 12.2 Å². The van der Waals surface area contributed by atoms with Crippen molar-refractivity contribution in [2.75, 3.05) is 39.4 Å². The monoisotopic (exact) mass is 420 g/mol. The Morgan fingerprint density at radius 1 is 0.893 bits per heavy atom. The van der Waals surface area contributed by atoms with E-state index in [1.807, 2.05) is 13.8 Å². The fraction of sp³-hybridized carbons (Fsp3) is 0.722. The fourth-order valence-electron chi connectivity index (χ4n) is 1.75. The Balaban J connectivity index is 0. The smallest absolute Gasteiger partial charge is 0.407 e. The lowest BCUT2D eigenvalue weighted by molar-refractivity contribution is -0.117. The molecule has 0 rings (SSSR count).